The molecule has 0 aliphatic carbocycles. The first-order valence-corrected chi connectivity index (χ1v) is 12.1. The van der Waals surface area contributed by atoms with Crippen molar-refractivity contribution in [3.63, 3.8) is 0 Å². The number of carbonyl (C=O) groups excluding carboxylic acids is 2. The summed E-state index contributed by atoms with van der Waals surface area (Å²) < 4.78 is 13.2. The number of carbonyl (C=O) groups is 2. The van der Waals surface area contributed by atoms with E-state index < -0.39 is 11.9 Å². The third-order valence-corrected chi connectivity index (χ3v) is 6.07. The van der Waals surface area contributed by atoms with E-state index in [1.54, 1.807) is 30.3 Å². The molecule has 6 nitrogen and oxygen atoms in total. The number of hydrogen-bond donors (Lipinski definition) is 1. The molecule has 0 aromatic heterocycles. The first-order valence-electron chi connectivity index (χ1n) is 9.71. The molecule has 0 saturated heterocycles. The van der Waals surface area contributed by atoms with E-state index in [9.17, 15) is 9.59 Å². The second kappa shape index (κ2) is 11.6. The van der Waals surface area contributed by atoms with Gasteiger partial charge in [-0.1, -0.05) is 44.0 Å². The van der Waals surface area contributed by atoms with Gasteiger partial charge in [-0.2, -0.15) is 5.10 Å². The van der Waals surface area contributed by atoms with E-state index in [4.69, 9.17) is 9.47 Å². The highest BCUT2D eigenvalue weighted by Gasteiger charge is 2.15. The number of esters is 1. The summed E-state index contributed by atoms with van der Waals surface area (Å²) in [5, 5.41) is 3.98. The Morgan fingerprint density at radius 3 is 2.48 bits per heavy atom. The van der Waals surface area contributed by atoms with E-state index in [0.717, 1.165) is 20.1 Å². The highest BCUT2D eigenvalue weighted by atomic mass is 79.9. The lowest BCUT2D eigenvalue weighted by Gasteiger charge is -2.11. The van der Waals surface area contributed by atoms with E-state index in [-0.39, 0.29) is 12.4 Å². The molecule has 0 bridgehead atoms. The molecule has 3 aromatic carbocycles. The lowest BCUT2D eigenvalue weighted by Crippen LogP contribution is -2.24. The number of halogens is 3. The summed E-state index contributed by atoms with van der Waals surface area (Å²) in [4.78, 5) is 24.7. The quantitative estimate of drug-likeness (QED) is 0.142. The van der Waals surface area contributed by atoms with Gasteiger partial charge in [-0.05, 0) is 83.4 Å². The fraction of sp³-hybridized carbons (Fsp3) is 0.125. The SMILES string of the molecule is Cc1ccc(OCC(=O)N/N=C\c2cc(Br)cc(Br)c2OC(=O)c2cccc(Br)c2)cc1C. The topological polar surface area (TPSA) is 77.0 Å². The largest absolute Gasteiger partial charge is 0.484 e. The average molecular weight is 639 g/mol. The number of rotatable bonds is 7. The van der Waals surface area contributed by atoms with Crippen LogP contribution in [0.2, 0.25) is 0 Å². The van der Waals surface area contributed by atoms with Crippen molar-refractivity contribution in [1.82, 2.24) is 5.43 Å². The van der Waals surface area contributed by atoms with Crippen LogP contribution in [0.5, 0.6) is 11.5 Å². The smallest absolute Gasteiger partial charge is 0.343 e. The fourth-order valence-electron chi connectivity index (χ4n) is 2.71. The number of hydrazone groups is 1. The minimum absolute atomic E-state index is 0.188. The van der Waals surface area contributed by atoms with Crippen LogP contribution in [0.3, 0.4) is 0 Å². The molecule has 0 aliphatic heterocycles. The van der Waals surface area contributed by atoms with Crippen LogP contribution < -0.4 is 14.9 Å². The van der Waals surface area contributed by atoms with Gasteiger partial charge in [0.1, 0.15) is 5.75 Å². The van der Waals surface area contributed by atoms with Crippen molar-refractivity contribution < 1.29 is 19.1 Å². The minimum atomic E-state index is -0.528. The molecule has 3 aromatic rings. The fourth-order valence-corrected chi connectivity index (χ4v) is 4.45. The Kier molecular flexibility index (Phi) is 8.82. The number of aryl methyl sites for hydroxylation is 2. The molecule has 9 heteroatoms. The Labute approximate surface area is 216 Å². The normalized spacial score (nSPS) is 10.8. The van der Waals surface area contributed by atoms with Crippen molar-refractivity contribution in [2.75, 3.05) is 6.61 Å². The van der Waals surface area contributed by atoms with Crippen molar-refractivity contribution in [3.8, 4) is 11.5 Å². The molecule has 0 atom stereocenters. The van der Waals surface area contributed by atoms with Crippen LogP contribution in [0.15, 0.2) is 73.1 Å². The van der Waals surface area contributed by atoms with Crippen LogP contribution >= 0.6 is 47.8 Å². The first kappa shape index (κ1) is 25.1. The average Bonchev–Trinajstić information content (AvgIpc) is 2.76. The van der Waals surface area contributed by atoms with E-state index in [0.29, 0.717) is 21.3 Å². The van der Waals surface area contributed by atoms with Crippen LogP contribution in [0.1, 0.15) is 27.0 Å². The maximum atomic E-state index is 12.6. The zero-order valence-corrected chi connectivity index (χ0v) is 22.5. The van der Waals surface area contributed by atoms with Crippen LogP contribution in [-0.2, 0) is 4.79 Å². The number of amides is 1. The van der Waals surface area contributed by atoms with Gasteiger partial charge < -0.3 is 9.47 Å². The summed E-state index contributed by atoms with van der Waals surface area (Å²) in [6.07, 6.45) is 1.40. The van der Waals surface area contributed by atoms with Gasteiger partial charge in [0.05, 0.1) is 16.3 Å². The van der Waals surface area contributed by atoms with Crippen molar-refractivity contribution in [3.05, 3.63) is 90.3 Å². The highest BCUT2D eigenvalue weighted by molar-refractivity contribution is 9.11. The molecule has 33 heavy (non-hydrogen) atoms. The number of hydrogen-bond acceptors (Lipinski definition) is 5. The van der Waals surface area contributed by atoms with Crippen molar-refractivity contribution in [2.24, 2.45) is 5.10 Å². The minimum Gasteiger partial charge on any atom is -0.484 e. The van der Waals surface area contributed by atoms with Crippen molar-refractivity contribution in [2.45, 2.75) is 13.8 Å². The van der Waals surface area contributed by atoms with E-state index >= 15 is 0 Å². The van der Waals surface area contributed by atoms with Gasteiger partial charge in [0.25, 0.3) is 5.91 Å². The van der Waals surface area contributed by atoms with E-state index in [2.05, 4.69) is 58.3 Å². The van der Waals surface area contributed by atoms with Gasteiger partial charge in [0, 0.05) is 14.5 Å². The van der Waals surface area contributed by atoms with E-state index in [1.807, 2.05) is 38.1 Å². The summed E-state index contributed by atoms with van der Waals surface area (Å²) in [6.45, 7) is 3.79. The summed E-state index contributed by atoms with van der Waals surface area (Å²) in [5.41, 5.74) is 5.51. The van der Waals surface area contributed by atoms with E-state index in [1.165, 1.54) is 6.21 Å². The second-order valence-corrected chi connectivity index (χ2v) is 9.72. The third-order valence-electron chi connectivity index (χ3n) is 4.53. The summed E-state index contributed by atoms with van der Waals surface area (Å²) in [6, 6.07) is 16.0. The molecule has 1 amide bonds. The molecule has 170 valence electrons. The van der Waals surface area contributed by atoms with Crippen molar-refractivity contribution in [1.29, 1.82) is 0 Å². The Balaban J connectivity index is 1.67. The summed E-state index contributed by atoms with van der Waals surface area (Å²) in [7, 11) is 0. The van der Waals surface area contributed by atoms with Crippen LogP contribution in [-0.4, -0.2) is 24.7 Å². The lowest BCUT2D eigenvalue weighted by atomic mass is 10.1. The molecule has 0 radical (unpaired) electrons. The summed E-state index contributed by atoms with van der Waals surface area (Å²) >= 11 is 10.2. The highest BCUT2D eigenvalue weighted by Crippen LogP contribution is 2.33. The monoisotopic (exact) mass is 636 g/mol. The van der Waals surface area contributed by atoms with Gasteiger partial charge in [-0.25, -0.2) is 10.2 Å². The lowest BCUT2D eigenvalue weighted by molar-refractivity contribution is -0.123. The first-order chi connectivity index (χ1) is 15.7. The van der Waals surface area contributed by atoms with Gasteiger partial charge in [0.15, 0.2) is 12.4 Å². The molecular formula is C24H19Br3N2O4. The number of nitrogens with one attached hydrogen (secondary N) is 1. The van der Waals surface area contributed by atoms with Crippen LogP contribution in [0.25, 0.3) is 0 Å². The maximum absolute atomic E-state index is 12.6. The van der Waals surface area contributed by atoms with Gasteiger partial charge in [0.2, 0.25) is 0 Å². The third kappa shape index (κ3) is 7.25. The van der Waals surface area contributed by atoms with Crippen LogP contribution in [0.4, 0.5) is 0 Å². The molecule has 0 aliphatic rings. The maximum Gasteiger partial charge on any atom is 0.343 e. The zero-order chi connectivity index (χ0) is 24.0. The Morgan fingerprint density at radius 2 is 1.76 bits per heavy atom. The van der Waals surface area contributed by atoms with Crippen LogP contribution in [0, 0.1) is 13.8 Å². The Bertz CT molecular complexity index is 1230. The predicted octanol–water partition coefficient (Wildman–Crippen LogP) is 6.34. The molecule has 0 saturated carbocycles. The molecule has 1 N–H and O–H groups in total. The van der Waals surface area contributed by atoms with Gasteiger partial charge in [-0.15, -0.1) is 0 Å². The standard InChI is InChI=1S/C24H19Br3N2O4/c1-14-6-7-20(8-15(14)2)32-13-22(30)29-28-12-17-10-19(26)11-21(27)23(17)33-24(31)16-4-3-5-18(25)9-16/h3-12H,13H2,1-2H3,(H,29,30)/b28-12-. The molecule has 0 fully saturated rings. The molecule has 0 heterocycles. The molecular weight excluding hydrogens is 620 g/mol. The molecule has 0 unspecified atom stereocenters. The van der Waals surface area contributed by atoms with Gasteiger partial charge in [-0.3, -0.25) is 4.79 Å². The molecule has 3 rings (SSSR count). The Hall–Kier alpha value is -2.49. The zero-order valence-electron chi connectivity index (χ0n) is 17.7. The Morgan fingerprint density at radius 1 is 0.970 bits per heavy atom. The number of nitrogens with zero attached hydrogens (tertiary/aromatic N) is 1. The predicted molar refractivity (Wildman–Crippen MR) is 138 cm³/mol. The number of ether oxygens (including phenoxy) is 2. The molecule has 0 spiro atoms. The summed E-state index contributed by atoms with van der Waals surface area (Å²) in [5.74, 6) is -0.0755. The van der Waals surface area contributed by atoms with Crippen molar-refractivity contribution >= 4 is 65.9 Å². The number of benzene rings is 3. The van der Waals surface area contributed by atoms with Gasteiger partial charge >= 0.3 is 5.97 Å². The second-order valence-electron chi connectivity index (χ2n) is 7.03.